The molecule has 20 heavy (non-hydrogen) atoms. The number of benzene rings is 2. The van der Waals surface area contributed by atoms with Crippen LogP contribution in [0.2, 0.25) is 5.02 Å². The summed E-state index contributed by atoms with van der Waals surface area (Å²) in [7, 11) is 0. The van der Waals surface area contributed by atoms with Gasteiger partial charge in [-0.3, -0.25) is 0 Å². The molecule has 1 unspecified atom stereocenters. The summed E-state index contributed by atoms with van der Waals surface area (Å²) in [5.41, 5.74) is 2.35. The van der Waals surface area contributed by atoms with E-state index >= 15 is 0 Å². The Kier molecular flexibility index (Phi) is 5.45. The molecule has 0 heterocycles. The molecule has 1 atom stereocenters. The highest BCUT2D eigenvalue weighted by atomic mass is 35.5. The van der Waals surface area contributed by atoms with Gasteiger partial charge in [-0.05, 0) is 37.1 Å². The minimum atomic E-state index is 0.131. The van der Waals surface area contributed by atoms with Gasteiger partial charge >= 0.3 is 0 Å². The third kappa shape index (κ3) is 3.99. The topological polar surface area (TPSA) is 23.5 Å². The number of nitrogens with zero attached hydrogens (tertiary/aromatic N) is 1. The molecular formula is C17H20ClNO. The molecule has 0 aliphatic heterocycles. The van der Waals surface area contributed by atoms with Crippen LogP contribution >= 0.6 is 11.6 Å². The first kappa shape index (κ1) is 14.9. The highest BCUT2D eigenvalue weighted by molar-refractivity contribution is 6.30. The van der Waals surface area contributed by atoms with E-state index in [1.807, 2.05) is 30.3 Å². The second-order valence-corrected chi connectivity index (χ2v) is 5.37. The summed E-state index contributed by atoms with van der Waals surface area (Å²) in [6.45, 7) is 2.91. The van der Waals surface area contributed by atoms with E-state index in [-0.39, 0.29) is 6.61 Å². The first-order valence-corrected chi connectivity index (χ1v) is 7.25. The minimum absolute atomic E-state index is 0.131. The lowest BCUT2D eigenvalue weighted by Crippen LogP contribution is -2.37. The van der Waals surface area contributed by atoms with E-state index in [0.717, 1.165) is 17.1 Å². The normalized spacial score (nSPS) is 12.2. The Labute approximate surface area is 125 Å². The number of hydrogen-bond acceptors (Lipinski definition) is 2. The van der Waals surface area contributed by atoms with Crippen LogP contribution in [0.5, 0.6) is 0 Å². The first-order chi connectivity index (χ1) is 9.70. The molecule has 2 aromatic carbocycles. The van der Waals surface area contributed by atoms with Crippen LogP contribution in [0.25, 0.3) is 0 Å². The van der Waals surface area contributed by atoms with Gasteiger partial charge in [0.1, 0.15) is 0 Å². The zero-order valence-corrected chi connectivity index (χ0v) is 12.4. The van der Waals surface area contributed by atoms with Gasteiger partial charge in [-0.2, -0.15) is 0 Å². The fraction of sp³-hybridized carbons (Fsp3) is 0.294. The van der Waals surface area contributed by atoms with Crippen LogP contribution in [0.3, 0.4) is 0 Å². The molecular weight excluding hydrogens is 270 g/mol. The predicted octanol–water partition coefficient (Wildman–Crippen LogP) is 3.77. The second-order valence-electron chi connectivity index (χ2n) is 4.94. The maximum Gasteiger partial charge on any atom is 0.0606 e. The monoisotopic (exact) mass is 289 g/mol. The quantitative estimate of drug-likeness (QED) is 0.875. The van der Waals surface area contributed by atoms with Crippen molar-refractivity contribution < 1.29 is 5.11 Å². The number of anilines is 1. The standard InChI is InChI=1S/C17H20ClNO/c1-14(12-15-6-3-2-4-7-15)19(10-11-20)17-9-5-8-16(18)13-17/h2-9,13-14,20H,10-12H2,1H3. The SMILES string of the molecule is CC(Cc1ccccc1)N(CCO)c1cccc(Cl)c1. The van der Waals surface area contributed by atoms with Crippen molar-refractivity contribution in [1.29, 1.82) is 0 Å². The predicted molar refractivity (Wildman–Crippen MR) is 85.5 cm³/mol. The molecule has 0 bridgehead atoms. The summed E-state index contributed by atoms with van der Waals surface area (Å²) in [6.07, 6.45) is 0.938. The summed E-state index contributed by atoms with van der Waals surface area (Å²) >= 11 is 6.06. The number of halogens is 1. The maximum absolute atomic E-state index is 9.31. The van der Waals surface area contributed by atoms with Gasteiger partial charge in [0.05, 0.1) is 6.61 Å². The van der Waals surface area contributed by atoms with Crippen LogP contribution in [0.1, 0.15) is 12.5 Å². The molecule has 0 fully saturated rings. The lowest BCUT2D eigenvalue weighted by atomic mass is 10.1. The molecule has 0 aliphatic carbocycles. The average Bonchev–Trinajstić information content (AvgIpc) is 2.45. The Morgan fingerprint density at radius 2 is 1.85 bits per heavy atom. The maximum atomic E-state index is 9.31. The summed E-state index contributed by atoms with van der Waals surface area (Å²) in [5.74, 6) is 0. The van der Waals surface area contributed by atoms with Crippen LogP contribution < -0.4 is 4.90 Å². The Morgan fingerprint density at radius 1 is 1.10 bits per heavy atom. The number of aliphatic hydroxyl groups excluding tert-OH is 1. The molecule has 0 spiro atoms. The molecule has 0 aromatic heterocycles. The Balaban J connectivity index is 2.15. The van der Waals surface area contributed by atoms with Crippen LogP contribution in [-0.4, -0.2) is 24.3 Å². The van der Waals surface area contributed by atoms with E-state index in [9.17, 15) is 5.11 Å². The van der Waals surface area contributed by atoms with Crippen LogP contribution in [0, 0.1) is 0 Å². The van der Waals surface area contributed by atoms with Gasteiger partial charge in [0.2, 0.25) is 0 Å². The smallest absolute Gasteiger partial charge is 0.0606 e. The first-order valence-electron chi connectivity index (χ1n) is 6.87. The largest absolute Gasteiger partial charge is 0.395 e. The van der Waals surface area contributed by atoms with Crippen molar-refractivity contribution in [3.05, 3.63) is 65.2 Å². The van der Waals surface area contributed by atoms with Gasteiger partial charge in [-0.25, -0.2) is 0 Å². The van der Waals surface area contributed by atoms with E-state index in [1.54, 1.807) is 0 Å². The molecule has 2 nitrogen and oxygen atoms in total. The molecule has 0 amide bonds. The van der Waals surface area contributed by atoms with Crippen LogP contribution in [-0.2, 0) is 6.42 Å². The number of hydrogen-bond donors (Lipinski definition) is 1. The second kappa shape index (κ2) is 7.32. The van der Waals surface area contributed by atoms with Gasteiger partial charge in [0.25, 0.3) is 0 Å². The van der Waals surface area contributed by atoms with Gasteiger partial charge < -0.3 is 10.0 Å². The molecule has 2 aromatic rings. The van der Waals surface area contributed by atoms with E-state index in [0.29, 0.717) is 12.6 Å². The fourth-order valence-electron chi connectivity index (χ4n) is 2.43. The van der Waals surface area contributed by atoms with Gasteiger partial charge in [0.15, 0.2) is 0 Å². The molecule has 0 saturated heterocycles. The van der Waals surface area contributed by atoms with Gasteiger partial charge in [-0.15, -0.1) is 0 Å². The average molecular weight is 290 g/mol. The zero-order chi connectivity index (χ0) is 14.4. The van der Waals surface area contributed by atoms with Crippen molar-refractivity contribution in [2.75, 3.05) is 18.1 Å². The number of rotatable bonds is 6. The molecule has 3 heteroatoms. The van der Waals surface area contributed by atoms with Gasteiger partial charge in [0, 0.05) is 23.3 Å². The van der Waals surface area contributed by atoms with Crippen molar-refractivity contribution in [3.8, 4) is 0 Å². The van der Waals surface area contributed by atoms with Crippen molar-refractivity contribution in [3.63, 3.8) is 0 Å². The van der Waals surface area contributed by atoms with E-state index in [2.05, 4.69) is 36.1 Å². The van der Waals surface area contributed by atoms with Crippen molar-refractivity contribution >= 4 is 17.3 Å². The van der Waals surface area contributed by atoms with Crippen LogP contribution in [0.4, 0.5) is 5.69 Å². The molecule has 106 valence electrons. The number of aliphatic hydroxyl groups is 1. The Hall–Kier alpha value is -1.51. The van der Waals surface area contributed by atoms with E-state index in [1.165, 1.54) is 5.56 Å². The summed E-state index contributed by atoms with van der Waals surface area (Å²) in [4.78, 5) is 2.19. The highest BCUT2D eigenvalue weighted by Crippen LogP contribution is 2.22. The molecule has 1 N–H and O–H groups in total. The summed E-state index contributed by atoms with van der Waals surface area (Å²) < 4.78 is 0. The molecule has 0 saturated carbocycles. The van der Waals surface area contributed by atoms with Crippen molar-refractivity contribution in [2.24, 2.45) is 0 Å². The minimum Gasteiger partial charge on any atom is -0.395 e. The lowest BCUT2D eigenvalue weighted by Gasteiger charge is -2.31. The van der Waals surface area contributed by atoms with Crippen molar-refractivity contribution in [2.45, 2.75) is 19.4 Å². The van der Waals surface area contributed by atoms with Gasteiger partial charge in [-0.1, -0.05) is 48.0 Å². The summed E-state index contributed by atoms with van der Waals surface area (Å²) in [6, 6.07) is 18.5. The third-order valence-electron chi connectivity index (χ3n) is 3.39. The lowest BCUT2D eigenvalue weighted by molar-refractivity contribution is 0.298. The zero-order valence-electron chi connectivity index (χ0n) is 11.7. The van der Waals surface area contributed by atoms with E-state index < -0.39 is 0 Å². The fourth-order valence-corrected chi connectivity index (χ4v) is 2.62. The van der Waals surface area contributed by atoms with Crippen LogP contribution in [0.15, 0.2) is 54.6 Å². The highest BCUT2D eigenvalue weighted by Gasteiger charge is 2.14. The van der Waals surface area contributed by atoms with E-state index in [4.69, 9.17) is 11.6 Å². The molecule has 2 rings (SSSR count). The Morgan fingerprint density at radius 3 is 2.50 bits per heavy atom. The van der Waals surface area contributed by atoms with Crippen molar-refractivity contribution in [1.82, 2.24) is 0 Å². The molecule has 0 aliphatic rings. The Bertz CT molecular complexity index is 530. The summed E-state index contributed by atoms with van der Waals surface area (Å²) in [5, 5.41) is 10.0. The third-order valence-corrected chi connectivity index (χ3v) is 3.62. The molecule has 0 radical (unpaired) electrons.